The fraction of sp³-hybridized carbons (Fsp3) is 0.471. The van der Waals surface area contributed by atoms with Crippen LogP contribution in [0.3, 0.4) is 0 Å². The Morgan fingerprint density at radius 1 is 1.30 bits per heavy atom. The number of hydrogen-bond donors (Lipinski definition) is 1. The molecule has 2 aromatic rings. The number of fused-ring (bicyclic) bond motifs is 1. The smallest absolute Gasteiger partial charge is 0.393 e. The monoisotopic (exact) mass is 448 g/mol. The fourth-order valence-electron chi connectivity index (χ4n) is 3.15. The Bertz CT molecular complexity index is 1050. The van der Waals surface area contributed by atoms with Crippen LogP contribution in [0, 0.1) is 5.92 Å². The highest BCUT2D eigenvalue weighted by Crippen LogP contribution is 2.34. The molecule has 1 aliphatic heterocycles. The zero-order chi connectivity index (χ0) is 22.1. The number of nitrogens with one attached hydrogen (secondary N) is 1. The molecule has 13 heteroatoms. The van der Waals surface area contributed by atoms with E-state index in [0.717, 1.165) is 13.2 Å². The lowest BCUT2D eigenvalue weighted by molar-refractivity contribution is -0.182. The van der Waals surface area contributed by atoms with E-state index in [1.807, 2.05) is 0 Å². The molecule has 2 heterocycles. The molecule has 9 nitrogen and oxygen atoms in total. The first-order valence-corrected chi connectivity index (χ1v) is 10.3. The highest BCUT2D eigenvalue weighted by atomic mass is 32.2. The van der Waals surface area contributed by atoms with Crippen LogP contribution < -0.4 is 9.46 Å². The highest BCUT2D eigenvalue weighted by molar-refractivity contribution is 7.89. The fourth-order valence-corrected chi connectivity index (χ4v) is 4.32. The summed E-state index contributed by atoms with van der Waals surface area (Å²) >= 11 is 0. The van der Waals surface area contributed by atoms with Gasteiger partial charge in [0, 0.05) is 13.0 Å². The number of rotatable bonds is 6. The number of aryl methyl sites for hydroxylation is 1. The number of alkyl halides is 3. The van der Waals surface area contributed by atoms with Gasteiger partial charge in [0.25, 0.3) is 0 Å². The third kappa shape index (κ3) is 4.41. The number of carbonyl (C=O) groups is 1. The summed E-state index contributed by atoms with van der Waals surface area (Å²) in [5.41, 5.74) is -0.00782. The van der Waals surface area contributed by atoms with Crippen LogP contribution in [0.2, 0.25) is 0 Å². The van der Waals surface area contributed by atoms with Crippen LogP contribution in [0.4, 0.5) is 13.2 Å². The van der Waals surface area contributed by atoms with E-state index < -0.39 is 28.1 Å². The van der Waals surface area contributed by atoms with Crippen molar-refractivity contribution < 1.29 is 35.9 Å². The molecule has 1 aromatic carbocycles. The average Bonchev–Trinajstić information content (AvgIpc) is 3.13. The van der Waals surface area contributed by atoms with E-state index in [1.54, 1.807) is 0 Å². The first kappa shape index (κ1) is 22.0. The molecule has 0 spiro atoms. The second kappa shape index (κ2) is 8.22. The van der Waals surface area contributed by atoms with Crippen LogP contribution in [-0.4, -0.2) is 49.5 Å². The number of benzene rings is 1. The lowest BCUT2D eigenvalue weighted by Gasteiger charge is -2.26. The largest absolute Gasteiger partial charge is 0.495 e. The minimum absolute atomic E-state index is 0.00782. The first-order chi connectivity index (χ1) is 14.1. The Morgan fingerprint density at radius 3 is 2.67 bits per heavy atom. The van der Waals surface area contributed by atoms with Crippen molar-refractivity contribution in [2.45, 2.75) is 37.0 Å². The molecule has 1 aliphatic rings. The van der Waals surface area contributed by atoms with E-state index in [0.29, 0.717) is 5.82 Å². The summed E-state index contributed by atoms with van der Waals surface area (Å²) in [6, 6.07) is 3.73. The standard InChI is InChI=1S/C17H19F3N4O5S/c1-28-12-5-3-10(16(25)29-2)7-13(12)30(26,27)21-8-15-23-22-14-6-4-11(9-24(14)15)17(18,19)20/h3,5,7,11,21H,4,6,8-9H2,1-2H3/t11-/m0/s1. The lowest BCUT2D eigenvalue weighted by Crippen LogP contribution is -2.34. The molecule has 0 fully saturated rings. The zero-order valence-electron chi connectivity index (χ0n) is 16.1. The van der Waals surface area contributed by atoms with Gasteiger partial charge in [-0.05, 0) is 24.6 Å². The van der Waals surface area contributed by atoms with Crippen LogP contribution in [-0.2, 0) is 34.3 Å². The van der Waals surface area contributed by atoms with Crippen LogP contribution >= 0.6 is 0 Å². The summed E-state index contributed by atoms with van der Waals surface area (Å²) < 4.78 is 78.0. The van der Waals surface area contributed by atoms with Gasteiger partial charge in [0.15, 0.2) is 0 Å². The van der Waals surface area contributed by atoms with Crippen LogP contribution in [0.25, 0.3) is 0 Å². The van der Waals surface area contributed by atoms with Gasteiger partial charge in [-0.25, -0.2) is 17.9 Å². The van der Waals surface area contributed by atoms with E-state index >= 15 is 0 Å². The number of carbonyl (C=O) groups excluding carboxylic acids is 1. The zero-order valence-corrected chi connectivity index (χ0v) is 16.9. The van der Waals surface area contributed by atoms with E-state index in [2.05, 4.69) is 19.7 Å². The van der Waals surface area contributed by atoms with Crippen molar-refractivity contribution in [3.05, 3.63) is 35.4 Å². The predicted octanol–water partition coefficient (Wildman–Crippen LogP) is 1.68. The number of esters is 1. The van der Waals surface area contributed by atoms with Crippen molar-refractivity contribution in [2.24, 2.45) is 5.92 Å². The van der Waals surface area contributed by atoms with Gasteiger partial charge < -0.3 is 14.0 Å². The topological polar surface area (TPSA) is 112 Å². The highest BCUT2D eigenvalue weighted by Gasteiger charge is 2.42. The Kier molecular flexibility index (Phi) is 6.04. The third-order valence-electron chi connectivity index (χ3n) is 4.78. The number of hydrogen-bond acceptors (Lipinski definition) is 7. The van der Waals surface area contributed by atoms with E-state index in [-0.39, 0.29) is 48.0 Å². The van der Waals surface area contributed by atoms with Gasteiger partial charge in [-0.3, -0.25) is 0 Å². The molecule has 0 saturated heterocycles. The van der Waals surface area contributed by atoms with E-state index in [1.165, 1.54) is 23.8 Å². The molecule has 1 N–H and O–H groups in total. The number of aromatic nitrogens is 3. The van der Waals surface area contributed by atoms with Gasteiger partial charge >= 0.3 is 12.1 Å². The van der Waals surface area contributed by atoms with E-state index in [9.17, 15) is 26.4 Å². The Labute approximate surface area is 170 Å². The SMILES string of the molecule is COC(=O)c1ccc(OC)c(S(=O)(=O)NCc2nnc3n2C[C@@H](C(F)(F)F)CC3)c1. The summed E-state index contributed by atoms with van der Waals surface area (Å²) in [5.74, 6) is -1.87. The normalized spacial score (nSPS) is 16.8. The van der Waals surface area contributed by atoms with Crippen molar-refractivity contribution in [3.63, 3.8) is 0 Å². The molecule has 1 aromatic heterocycles. The molecular weight excluding hydrogens is 429 g/mol. The molecule has 164 valence electrons. The summed E-state index contributed by atoms with van der Waals surface area (Å²) in [6.07, 6.45) is -4.36. The number of sulfonamides is 1. The maximum absolute atomic E-state index is 13.1. The van der Waals surface area contributed by atoms with Crippen molar-refractivity contribution in [1.82, 2.24) is 19.5 Å². The maximum atomic E-state index is 13.1. The van der Waals surface area contributed by atoms with Gasteiger partial charge in [-0.15, -0.1) is 10.2 Å². The first-order valence-electron chi connectivity index (χ1n) is 8.80. The van der Waals surface area contributed by atoms with Gasteiger partial charge in [0.05, 0.1) is 32.2 Å². The Balaban J connectivity index is 1.84. The molecule has 0 amide bonds. The molecular formula is C17H19F3N4O5S. The number of halogens is 3. The lowest BCUT2D eigenvalue weighted by atomic mass is 9.99. The average molecular weight is 448 g/mol. The van der Waals surface area contributed by atoms with Gasteiger partial charge in [0.1, 0.15) is 22.3 Å². The van der Waals surface area contributed by atoms with Crippen LogP contribution in [0.15, 0.2) is 23.1 Å². The second-order valence-corrected chi connectivity index (χ2v) is 8.34. The Morgan fingerprint density at radius 2 is 2.03 bits per heavy atom. The third-order valence-corrected chi connectivity index (χ3v) is 6.20. The van der Waals surface area contributed by atoms with Crippen molar-refractivity contribution >= 4 is 16.0 Å². The molecule has 1 atom stereocenters. The number of methoxy groups -OCH3 is 2. The van der Waals surface area contributed by atoms with Gasteiger partial charge in [-0.1, -0.05) is 0 Å². The number of nitrogens with zero attached hydrogens (tertiary/aromatic N) is 3. The van der Waals surface area contributed by atoms with Gasteiger partial charge in [-0.2, -0.15) is 13.2 Å². The predicted molar refractivity (Wildman–Crippen MR) is 96.2 cm³/mol. The summed E-state index contributed by atoms with van der Waals surface area (Å²) in [4.78, 5) is 11.4. The van der Waals surface area contributed by atoms with E-state index in [4.69, 9.17) is 4.74 Å². The summed E-state index contributed by atoms with van der Waals surface area (Å²) in [7, 11) is -1.78. The molecule has 0 aliphatic carbocycles. The molecule has 3 rings (SSSR count). The quantitative estimate of drug-likeness (QED) is 0.669. The van der Waals surface area contributed by atoms with Crippen molar-refractivity contribution in [2.75, 3.05) is 14.2 Å². The molecule has 0 bridgehead atoms. The number of ether oxygens (including phenoxy) is 2. The summed E-state index contributed by atoms with van der Waals surface area (Å²) in [5, 5.41) is 7.68. The minimum Gasteiger partial charge on any atom is -0.495 e. The van der Waals surface area contributed by atoms with Gasteiger partial charge in [0.2, 0.25) is 10.0 Å². The molecule has 0 unspecified atom stereocenters. The minimum atomic E-state index is -4.36. The van der Waals surface area contributed by atoms with Crippen LogP contribution in [0.5, 0.6) is 5.75 Å². The maximum Gasteiger partial charge on any atom is 0.393 e. The molecule has 30 heavy (non-hydrogen) atoms. The van der Waals surface area contributed by atoms with Crippen molar-refractivity contribution in [3.8, 4) is 5.75 Å². The molecule has 0 saturated carbocycles. The van der Waals surface area contributed by atoms with Crippen LogP contribution in [0.1, 0.15) is 28.4 Å². The summed E-state index contributed by atoms with van der Waals surface area (Å²) in [6.45, 7) is -0.754. The van der Waals surface area contributed by atoms with Crippen molar-refractivity contribution in [1.29, 1.82) is 0 Å². The molecule has 0 radical (unpaired) electrons. The Hall–Kier alpha value is -2.67. The second-order valence-electron chi connectivity index (χ2n) is 6.60.